The van der Waals surface area contributed by atoms with Gasteiger partial charge in [0.2, 0.25) is 0 Å². The zero-order valence-corrected chi connectivity index (χ0v) is 6.71. The predicted octanol–water partition coefficient (Wildman–Crippen LogP) is -0.0844. The molecule has 58 valence electrons. The second kappa shape index (κ2) is 3.23. The van der Waals surface area contributed by atoms with Gasteiger partial charge >= 0.3 is 0 Å². The van der Waals surface area contributed by atoms with Gasteiger partial charge in [-0.3, -0.25) is 5.01 Å². The van der Waals surface area contributed by atoms with Gasteiger partial charge in [-0.25, -0.2) is 0 Å². The van der Waals surface area contributed by atoms with E-state index in [9.17, 15) is 0 Å². The first-order valence-corrected chi connectivity index (χ1v) is 4.17. The Bertz CT molecular complexity index is 138. The van der Waals surface area contributed by atoms with Crippen molar-refractivity contribution in [1.82, 2.24) is 5.01 Å². The van der Waals surface area contributed by atoms with Crippen LogP contribution in [0.3, 0.4) is 0 Å². The molecule has 1 aliphatic heterocycles. The first kappa shape index (κ1) is 7.84. The highest BCUT2D eigenvalue weighted by molar-refractivity contribution is 8.12. The minimum absolute atomic E-state index is 0.0405. The van der Waals surface area contributed by atoms with Gasteiger partial charge in [0, 0.05) is 0 Å². The molecular weight excluding hydrogens is 148 g/mol. The number of nitrogens with two attached hydrogens (primary N) is 2. The molecule has 0 spiro atoms. The van der Waals surface area contributed by atoms with Crippen molar-refractivity contribution in [3.63, 3.8) is 0 Å². The zero-order chi connectivity index (χ0) is 7.56. The van der Waals surface area contributed by atoms with Gasteiger partial charge in [0.15, 0.2) is 0 Å². The van der Waals surface area contributed by atoms with Crippen molar-refractivity contribution in [1.29, 1.82) is 0 Å². The van der Waals surface area contributed by atoms with E-state index in [0.29, 0.717) is 0 Å². The van der Waals surface area contributed by atoms with Crippen molar-refractivity contribution in [3.8, 4) is 0 Å². The van der Waals surface area contributed by atoms with Gasteiger partial charge in [-0.05, 0) is 6.42 Å². The highest BCUT2D eigenvalue weighted by Crippen LogP contribution is 2.17. The number of thioether (sulfide) groups is 1. The number of rotatable bonds is 2. The van der Waals surface area contributed by atoms with Crippen molar-refractivity contribution in [2.75, 3.05) is 0 Å². The molecular formula is C5H12N4S. The molecule has 1 aliphatic rings. The summed E-state index contributed by atoms with van der Waals surface area (Å²) in [6, 6.07) is 0. The monoisotopic (exact) mass is 160 g/mol. The first-order valence-electron chi connectivity index (χ1n) is 3.23. The Balaban J connectivity index is 2.46. The Morgan fingerprint density at radius 3 is 3.00 bits per heavy atom. The zero-order valence-electron chi connectivity index (χ0n) is 5.90. The minimum Gasteiger partial charge on any atom is -0.310 e. The third-order valence-corrected chi connectivity index (χ3v) is 2.11. The lowest BCUT2D eigenvalue weighted by Crippen LogP contribution is -2.44. The molecule has 4 nitrogen and oxygen atoms in total. The second-order valence-electron chi connectivity index (χ2n) is 2.10. The first-order chi connectivity index (χ1) is 4.75. The molecule has 0 aliphatic carbocycles. The van der Waals surface area contributed by atoms with E-state index in [0.717, 1.165) is 6.42 Å². The Labute approximate surface area is 64.6 Å². The summed E-state index contributed by atoms with van der Waals surface area (Å²) < 4.78 is 0. The highest BCUT2D eigenvalue weighted by Gasteiger charge is 2.21. The maximum Gasteiger partial charge on any atom is 0.149 e. The van der Waals surface area contributed by atoms with Crippen molar-refractivity contribution < 1.29 is 0 Å². The van der Waals surface area contributed by atoms with E-state index in [1.165, 1.54) is 11.8 Å². The SMILES string of the molecule is CCC(N)N1N=CSC1N. The third-order valence-electron chi connectivity index (χ3n) is 1.40. The van der Waals surface area contributed by atoms with Crippen LogP contribution in [0.15, 0.2) is 5.10 Å². The van der Waals surface area contributed by atoms with E-state index in [-0.39, 0.29) is 11.7 Å². The molecule has 0 saturated carbocycles. The number of hydrogen-bond acceptors (Lipinski definition) is 5. The summed E-state index contributed by atoms with van der Waals surface area (Å²) in [5.41, 5.74) is 13.0. The Morgan fingerprint density at radius 2 is 2.60 bits per heavy atom. The maximum atomic E-state index is 5.69. The molecule has 1 rings (SSSR count). The predicted molar refractivity (Wildman–Crippen MR) is 44.2 cm³/mol. The molecule has 0 bridgehead atoms. The average Bonchev–Trinajstić information content (AvgIpc) is 2.34. The average molecular weight is 160 g/mol. The van der Waals surface area contributed by atoms with E-state index in [4.69, 9.17) is 11.5 Å². The largest absolute Gasteiger partial charge is 0.310 e. The van der Waals surface area contributed by atoms with Crippen LogP contribution in [0.1, 0.15) is 13.3 Å². The Kier molecular flexibility index (Phi) is 2.53. The summed E-state index contributed by atoms with van der Waals surface area (Å²) in [7, 11) is 0. The normalized spacial score (nSPS) is 27.5. The van der Waals surface area contributed by atoms with Crippen LogP contribution in [0.25, 0.3) is 0 Å². The number of nitrogens with zero attached hydrogens (tertiary/aromatic N) is 2. The summed E-state index contributed by atoms with van der Waals surface area (Å²) in [5.74, 6) is 0. The molecule has 0 saturated heterocycles. The lowest BCUT2D eigenvalue weighted by molar-refractivity contribution is 0.197. The summed E-state index contributed by atoms with van der Waals surface area (Å²) in [5, 5.41) is 5.72. The van der Waals surface area contributed by atoms with Gasteiger partial charge in [0.25, 0.3) is 0 Å². The fourth-order valence-corrected chi connectivity index (χ4v) is 1.36. The quantitative estimate of drug-likeness (QED) is 0.592. The van der Waals surface area contributed by atoms with Crippen LogP contribution in [0.5, 0.6) is 0 Å². The smallest absolute Gasteiger partial charge is 0.149 e. The standard InChI is InChI=1S/C5H12N4S/c1-2-4(6)9-5(7)10-3-8-9/h3-5H,2,6-7H2,1H3. The molecule has 0 aromatic heterocycles. The van der Waals surface area contributed by atoms with Crippen molar-refractivity contribution in [2.45, 2.75) is 25.0 Å². The fourth-order valence-electron chi connectivity index (χ4n) is 0.733. The summed E-state index contributed by atoms with van der Waals surface area (Å²) >= 11 is 1.48. The van der Waals surface area contributed by atoms with E-state index in [2.05, 4.69) is 5.10 Å². The van der Waals surface area contributed by atoms with Gasteiger partial charge in [0.1, 0.15) is 5.50 Å². The molecule has 0 amide bonds. The summed E-state index contributed by atoms with van der Waals surface area (Å²) in [6.07, 6.45) is 0.826. The highest BCUT2D eigenvalue weighted by atomic mass is 32.2. The van der Waals surface area contributed by atoms with Crippen LogP contribution in [0.4, 0.5) is 0 Å². The lowest BCUT2D eigenvalue weighted by Gasteiger charge is -2.24. The van der Waals surface area contributed by atoms with Gasteiger partial charge in [-0.1, -0.05) is 18.7 Å². The van der Waals surface area contributed by atoms with Gasteiger partial charge in [-0.2, -0.15) is 5.10 Å². The molecule has 5 heteroatoms. The summed E-state index contributed by atoms with van der Waals surface area (Å²) in [4.78, 5) is 0. The number of hydrazone groups is 1. The van der Waals surface area contributed by atoms with Crippen LogP contribution in [0, 0.1) is 0 Å². The van der Waals surface area contributed by atoms with Crippen molar-refractivity contribution >= 4 is 17.3 Å². The van der Waals surface area contributed by atoms with Crippen molar-refractivity contribution in [3.05, 3.63) is 0 Å². The molecule has 0 aromatic carbocycles. The van der Waals surface area contributed by atoms with E-state index >= 15 is 0 Å². The molecule has 0 radical (unpaired) electrons. The number of hydrogen-bond donors (Lipinski definition) is 2. The summed E-state index contributed by atoms with van der Waals surface area (Å²) in [6.45, 7) is 2.01. The lowest BCUT2D eigenvalue weighted by atomic mass is 10.4. The maximum absolute atomic E-state index is 5.69. The molecule has 0 fully saturated rings. The topological polar surface area (TPSA) is 67.6 Å². The Morgan fingerprint density at radius 1 is 1.90 bits per heavy atom. The molecule has 1 heterocycles. The van der Waals surface area contributed by atoms with Crippen LogP contribution >= 0.6 is 11.8 Å². The van der Waals surface area contributed by atoms with Crippen LogP contribution in [0.2, 0.25) is 0 Å². The molecule has 0 aromatic rings. The van der Waals surface area contributed by atoms with Crippen LogP contribution in [-0.4, -0.2) is 22.2 Å². The van der Waals surface area contributed by atoms with Crippen LogP contribution in [-0.2, 0) is 0 Å². The van der Waals surface area contributed by atoms with E-state index in [1.807, 2.05) is 6.92 Å². The van der Waals surface area contributed by atoms with Gasteiger partial charge in [0.05, 0.1) is 11.7 Å². The minimum atomic E-state index is -0.0880. The third kappa shape index (κ3) is 1.42. The molecule has 10 heavy (non-hydrogen) atoms. The molecule has 2 atom stereocenters. The fraction of sp³-hybridized carbons (Fsp3) is 0.800. The second-order valence-corrected chi connectivity index (χ2v) is 3.07. The van der Waals surface area contributed by atoms with Crippen molar-refractivity contribution in [2.24, 2.45) is 16.6 Å². The Hall–Kier alpha value is -0.260. The molecule has 4 N–H and O–H groups in total. The van der Waals surface area contributed by atoms with E-state index in [1.54, 1.807) is 10.6 Å². The van der Waals surface area contributed by atoms with Gasteiger partial charge < -0.3 is 11.5 Å². The van der Waals surface area contributed by atoms with Gasteiger partial charge in [-0.15, -0.1) is 0 Å². The molecule has 2 unspecified atom stereocenters. The van der Waals surface area contributed by atoms with E-state index < -0.39 is 0 Å². The van der Waals surface area contributed by atoms with Crippen LogP contribution < -0.4 is 11.5 Å².